The molecule has 0 bridgehead atoms. The number of nitrogens with one attached hydrogen (secondary N) is 1. The molecule has 0 heterocycles. The summed E-state index contributed by atoms with van der Waals surface area (Å²) in [7, 11) is 0. The Morgan fingerprint density at radius 2 is 2.12 bits per heavy atom. The standard InChI is InChI=1S/C10H9ClN2O4/c1-6(14)8-4-7(13(16)17)2-3-9(8)12-10(15)5-11/h2-4H,5H2,1H3,(H,12,15). The van der Waals surface area contributed by atoms with Crippen LogP contribution in [0.25, 0.3) is 0 Å². The number of carbonyl (C=O) groups is 2. The van der Waals surface area contributed by atoms with Gasteiger partial charge >= 0.3 is 0 Å². The van der Waals surface area contributed by atoms with Gasteiger partial charge < -0.3 is 5.32 Å². The van der Waals surface area contributed by atoms with Crippen LogP contribution in [0, 0.1) is 10.1 Å². The van der Waals surface area contributed by atoms with Crippen molar-refractivity contribution in [3.8, 4) is 0 Å². The maximum absolute atomic E-state index is 11.3. The minimum absolute atomic E-state index is 0.0812. The number of nitro groups is 1. The van der Waals surface area contributed by atoms with Gasteiger partial charge in [-0.2, -0.15) is 0 Å². The van der Waals surface area contributed by atoms with Crippen LogP contribution in [0.4, 0.5) is 11.4 Å². The van der Waals surface area contributed by atoms with Crippen LogP contribution in [0.3, 0.4) is 0 Å². The fourth-order valence-corrected chi connectivity index (χ4v) is 1.30. The number of nitrogens with zero attached hydrogens (tertiary/aromatic N) is 1. The Morgan fingerprint density at radius 3 is 2.59 bits per heavy atom. The van der Waals surface area contributed by atoms with Crippen molar-refractivity contribution in [1.29, 1.82) is 0 Å². The highest BCUT2D eigenvalue weighted by Crippen LogP contribution is 2.22. The van der Waals surface area contributed by atoms with Crippen molar-refractivity contribution in [3.63, 3.8) is 0 Å². The van der Waals surface area contributed by atoms with Gasteiger partial charge in [0.25, 0.3) is 5.69 Å². The largest absolute Gasteiger partial charge is 0.324 e. The smallest absolute Gasteiger partial charge is 0.270 e. The van der Waals surface area contributed by atoms with E-state index in [1.54, 1.807) is 0 Å². The summed E-state index contributed by atoms with van der Waals surface area (Å²) in [5.41, 5.74) is 0.0884. The van der Waals surface area contributed by atoms with Gasteiger partial charge in [0.05, 0.1) is 10.6 Å². The van der Waals surface area contributed by atoms with Gasteiger partial charge in [-0.15, -0.1) is 11.6 Å². The molecule has 0 aliphatic carbocycles. The van der Waals surface area contributed by atoms with E-state index >= 15 is 0 Å². The van der Waals surface area contributed by atoms with E-state index in [1.807, 2.05) is 0 Å². The lowest BCUT2D eigenvalue weighted by atomic mass is 10.1. The number of amides is 1. The van der Waals surface area contributed by atoms with E-state index in [1.165, 1.54) is 19.1 Å². The van der Waals surface area contributed by atoms with E-state index in [9.17, 15) is 19.7 Å². The van der Waals surface area contributed by atoms with Crippen LogP contribution in [0.5, 0.6) is 0 Å². The first-order chi connectivity index (χ1) is 7.95. The molecule has 1 aromatic rings. The van der Waals surface area contributed by atoms with Crippen molar-refractivity contribution in [1.82, 2.24) is 0 Å². The van der Waals surface area contributed by atoms with Crippen LogP contribution >= 0.6 is 11.6 Å². The summed E-state index contributed by atoms with van der Waals surface area (Å²) >= 11 is 5.31. The fraction of sp³-hybridized carbons (Fsp3) is 0.200. The van der Waals surface area contributed by atoms with E-state index in [2.05, 4.69) is 5.32 Å². The van der Waals surface area contributed by atoms with Crippen molar-refractivity contribution in [3.05, 3.63) is 33.9 Å². The van der Waals surface area contributed by atoms with E-state index in [-0.39, 0.29) is 28.6 Å². The normalized spacial score (nSPS) is 9.76. The Morgan fingerprint density at radius 1 is 1.47 bits per heavy atom. The number of anilines is 1. The van der Waals surface area contributed by atoms with Crippen molar-refractivity contribution in [2.24, 2.45) is 0 Å². The third kappa shape index (κ3) is 3.25. The minimum atomic E-state index is -0.612. The van der Waals surface area contributed by atoms with Crippen molar-refractivity contribution in [2.45, 2.75) is 6.92 Å². The monoisotopic (exact) mass is 256 g/mol. The molecule has 0 aliphatic heterocycles. The highest BCUT2D eigenvalue weighted by molar-refractivity contribution is 6.29. The fourth-order valence-electron chi connectivity index (χ4n) is 1.23. The molecule has 0 fully saturated rings. The molecule has 7 heteroatoms. The Kier molecular flexibility index (Phi) is 4.17. The molecule has 0 aromatic heterocycles. The molecule has 0 spiro atoms. The maximum Gasteiger partial charge on any atom is 0.270 e. The lowest BCUT2D eigenvalue weighted by Crippen LogP contribution is -2.15. The summed E-state index contributed by atoms with van der Waals surface area (Å²) in [4.78, 5) is 32.3. The first-order valence-corrected chi connectivity index (χ1v) is 5.14. The molecule has 0 saturated heterocycles. The molecule has 0 atom stereocenters. The molecular weight excluding hydrogens is 248 g/mol. The zero-order valence-electron chi connectivity index (χ0n) is 8.90. The Bertz CT molecular complexity index is 487. The molecule has 0 aliphatic rings. The number of hydrogen-bond acceptors (Lipinski definition) is 4. The Balaban J connectivity index is 3.17. The summed E-state index contributed by atoms with van der Waals surface area (Å²) in [6, 6.07) is 3.63. The second-order valence-electron chi connectivity index (χ2n) is 3.22. The van der Waals surface area contributed by atoms with E-state index in [0.717, 1.165) is 6.07 Å². The number of hydrogen-bond donors (Lipinski definition) is 1. The molecule has 1 aromatic carbocycles. The Labute approximate surface area is 102 Å². The average Bonchev–Trinajstić information content (AvgIpc) is 2.28. The molecule has 0 radical (unpaired) electrons. The molecular formula is C10H9ClN2O4. The zero-order valence-corrected chi connectivity index (χ0v) is 9.65. The molecule has 0 unspecified atom stereocenters. The molecule has 1 amide bonds. The highest BCUT2D eigenvalue weighted by atomic mass is 35.5. The van der Waals surface area contributed by atoms with Crippen molar-refractivity contribution >= 4 is 34.7 Å². The molecule has 1 N–H and O–H groups in total. The van der Waals surface area contributed by atoms with Gasteiger partial charge in [-0.3, -0.25) is 19.7 Å². The first-order valence-electron chi connectivity index (χ1n) is 4.61. The number of halogens is 1. The van der Waals surface area contributed by atoms with Crippen LogP contribution < -0.4 is 5.32 Å². The molecule has 6 nitrogen and oxygen atoms in total. The number of non-ortho nitro benzene ring substituents is 1. The van der Waals surface area contributed by atoms with Gasteiger partial charge in [-0.1, -0.05) is 0 Å². The minimum Gasteiger partial charge on any atom is -0.324 e. The third-order valence-electron chi connectivity index (χ3n) is 1.99. The van der Waals surface area contributed by atoms with Crippen LogP contribution in [0.1, 0.15) is 17.3 Å². The van der Waals surface area contributed by atoms with Crippen molar-refractivity contribution in [2.75, 3.05) is 11.2 Å². The molecule has 90 valence electrons. The summed E-state index contributed by atoms with van der Waals surface area (Å²) in [5, 5.41) is 12.9. The highest BCUT2D eigenvalue weighted by Gasteiger charge is 2.15. The van der Waals surface area contributed by atoms with E-state index in [4.69, 9.17) is 11.6 Å². The Hall–Kier alpha value is -1.95. The predicted molar refractivity (Wildman–Crippen MR) is 62.5 cm³/mol. The van der Waals surface area contributed by atoms with Crippen LogP contribution in [-0.4, -0.2) is 22.5 Å². The van der Waals surface area contributed by atoms with Gasteiger partial charge in [0.1, 0.15) is 5.88 Å². The number of nitro benzene ring substituents is 1. The lowest BCUT2D eigenvalue weighted by Gasteiger charge is -2.07. The molecule has 1 rings (SSSR count). The number of benzene rings is 1. The number of carbonyl (C=O) groups excluding carboxylic acids is 2. The summed E-state index contributed by atoms with van der Waals surface area (Å²) < 4.78 is 0. The van der Waals surface area contributed by atoms with Gasteiger partial charge in [0.15, 0.2) is 5.78 Å². The predicted octanol–water partition coefficient (Wildman–Crippen LogP) is 1.97. The van der Waals surface area contributed by atoms with E-state index in [0.29, 0.717) is 0 Å². The second-order valence-corrected chi connectivity index (χ2v) is 3.49. The first kappa shape index (κ1) is 13.1. The van der Waals surface area contributed by atoms with Crippen LogP contribution in [-0.2, 0) is 4.79 Å². The number of rotatable bonds is 4. The van der Waals surface area contributed by atoms with Crippen molar-refractivity contribution < 1.29 is 14.5 Å². The SMILES string of the molecule is CC(=O)c1cc([N+](=O)[O-])ccc1NC(=O)CCl. The average molecular weight is 257 g/mol. The third-order valence-corrected chi connectivity index (χ3v) is 2.23. The zero-order chi connectivity index (χ0) is 13.0. The van der Waals surface area contributed by atoms with E-state index < -0.39 is 10.8 Å². The number of alkyl halides is 1. The van der Waals surface area contributed by atoms with Gasteiger partial charge in [-0.05, 0) is 13.0 Å². The van der Waals surface area contributed by atoms with Crippen LogP contribution in [0.2, 0.25) is 0 Å². The van der Waals surface area contributed by atoms with Gasteiger partial charge in [0, 0.05) is 17.7 Å². The molecule has 0 saturated carbocycles. The van der Waals surface area contributed by atoms with Gasteiger partial charge in [-0.25, -0.2) is 0 Å². The maximum atomic E-state index is 11.3. The summed E-state index contributed by atoms with van der Waals surface area (Å²) in [5.74, 6) is -1.12. The molecule has 17 heavy (non-hydrogen) atoms. The summed E-state index contributed by atoms with van der Waals surface area (Å²) in [6.45, 7) is 1.26. The number of ketones is 1. The lowest BCUT2D eigenvalue weighted by molar-refractivity contribution is -0.384. The quantitative estimate of drug-likeness (QED) is 0.386. The summed E-state index contributed by atoms with van der Waals surface area (Å²) in [6.07, 6.45) is 0. The second kappa shape index (κ2) is 5.40. The van der Waals surface area contributed by atoms with Crippen LogP contribution in [0.15, 0.2) is 18.2 Å². The van der Waals surface area contributed by atoms with Gasteiger partial charge in [0.2, 0.25) is 5.91 Å². The topological polar surface area (TPSA) is 89.3 Å². The number of Topliss-reactive ketones (excluding diaryl/α,β-unsaturated/α-hetero) is 1.